The Kier molecular flexibility index (Phi) is 5.48. The Morgan fingerprint density at radius 1 is 1.30 bits per heavy atom. The van der Waals surface area contributed by atoms with Crippen molar-refractivity contribution >= 4 is 11.7 Å². The van der Waals surface area contributed by atoms with E-state index in [9.17, 15) is 10.1 Å². The van der Waals surface area contributed by atoms with Crippen LogP contribution >= 0.6 is 0 Å². The van der Waals surface area contributed by atoms with Crippen molar-refractivity contribution in [2.75, 3.05) is 5.32 Å². The van der Waals surface area contributed by atoms with Crippen LogP contribution in [0.1, 0.15) is 24.1 Å². The predicted molar refractivity (Wildman–Crippen MR) is 89.3 cm³/mol. The molecule has 0 fully saturated rings. The largest absolute Gasteiger partial charge is 0.345 e. The second-order valence-electron chi connectivity index (χ2n) is 5.14. The molecule has 0 saturated carbocycles. The van der Waals surface area contributed by atoms with Crippen LogP contribution in [0.5, 0.6) is 0 Å². The van der Waals surface area contributed by atoms with Crippen molar-refractivity contribution in [3.8, 4) is 6.07 Å². The van der Waals surface area contributed by atoms with Gasteiger partial charge in [-0.05, 0) is 37.1 Å². The third-order valence-electron chi connectivity index (χ3n) is 3.29. The highest BCUT2D eigenvalue weighted by atomic mass is 16.1. The molecule has 0 spiro atoms. The molecule has 5 heteroatoms. The van der Waals surface area contributed by atoms with E-state index in [4.69, 9.17) is 0 Å². The molecule has 0 radical (unpaired) electrons. The van der Waals surface area contributed by atoms with Crippen molar-refractivity contribution in [2.24, 2.45) is 0 Å². The highest BCUT2D eigenvalue weighted by Gasteiger charge is 2.13. The summed E-state index contributed by atoms with van der Waals surface area (Å²) in [6.07, 6.45) is 3.03. The van der Waals surface area contributed by atoms with Crippen LogP contribution in [0.15, 0.2) is 60.4 Å². The Morgan fingerprint density at radius 2 is 2.04 bits per heavy atom. The summed E-state index contributed by atoms with van der Waals surface area (Å²) < 4.78 is 0. The lowest BCUT2D eigenvalue weighted by Gasteiger charge is -2.13. The molecule has 1 amide bonds. The minimum Gasteiger partial charge on any atom is -0.345 e. The number of nitrogens with one attached hydrogen (secondary N) is 2. The lowest BCUT2D eigenvalue weighted by molar-refractivity contribution is -0.117. The zero-order valence-corrected chi connectivity index (χ0v) is 13.1. The molecule has 5 nitrogen and oxygen atoms in total. The van der Waals surface area contributed by atoms with Gasteiger partial charge >= 0.3 is 0 Å². The van der Waals surface area contributed by atoms with E-state index in [0.717, 1.165) is 11.1 Å². The second kappa shape index (κ2) is 7.76. The number of benzene rings is 1. The van der Waals surface area contributed by atoms with Crippen LogP contribution in [0.2, 0.25) is 0 Å². The van der Waals surface area contributed by atoms with E-state index in [-0.39, 0.29) is 11.6 Å². The van der Waals surface area contributed by atoms with E-state index in [2.05, 4.69) is 15.6 Å². The first-order valence-corrected chi connectivity index (χ1v) is 7.25. The molecule has 2 aromatic rings. The topological polar surface area (TPSA) is 77.8 Å². The van der Waals surface area contributed by atoms with Crippen LogP contribution in [0.4, 0.5) is 5.82 Å². The second-order valence-corrected chi connectivity index (χ2v) is 5.14. The minimum absolute atomic E-state index is 0.00362. The fourth-order valence-corrected chi connectivity index (χ4v) is 2.01. The van der Waals surface area contributed by atoms with Crippen molar-refractivity contribution in [1.82, 2.24) is 10.3 Å². The van der Waals surface area contributed by atoms with Gasteiger partial charge in [0.25, 0.3) is 5.91 Å². The first-order chi connectivity index (χ1) is 11.1. The molecule has 1 unspecified atom stereocenters. The Labute approximate surface area is 135 Å². The molecule has 2 rings (SSSR count). The van der Waals surface area contributed by atoms with Crippen LogP contribution in [0, 0.1) is 18.3 Å². The summed E-state index contributed by atoms with van der Waals surface area (Å²) in [5.74, 6) is 0.158. The highest BCUT2D eigenvalue weighted by molar-refractivity contribution is 5.97. The van der Waals surface area contributed by atoms with Gasteiger partial charge in [-0.25, -0.2) is 4.98 Å². The molecule has 0 aliphatic carbocycles. The fourth-order valence-electron chi connectivity index (χ4n) is 2.01. The summed E-state index contributed by atoms with van der Waals surface area (Å²) >= 11 is 0. The zero-order valence-electron chi connectivity index (χ0n) is 13.1. The van der Waals surface area contributed by atoms with Gasteiger partial charge in [-0.3, -0.25) is 4.79 Å². The van der Waals surface area contributed by atoms with Gasteiger partial charge in [-0.15, -0.1) is 0 Å². The zero-order chi connectivity index (χ0) is 16.7. The molecule has 1 atom stereocenters. The van der Waals surface area contributed by atoms with Crippen molar-refractivity contribution < 1.29 is 4.79 Å². The molecule has 0 aliphatic rings. The van der Waals surface area contributed by atoms with Crippen molar-refractivity contribution in [3.63, 3.8) is 0 Å². The van der Waals surface area contributed by atoms with Gasteiger partial charge in [0.05, 0.1) is 6.04 Å². The number of hydrogen-bond donors (Lipinski definition) is 2. The molecule has 1 aromatic heterocycles. The first kappa shape index (κ1) is 16.2. The van der Waals surface area contributed by atoms with Gasteiger partial charge in [0.1, 0.15) is 17.5 Å². The number of carbonyl (C=O) groups excluding carboxylic acids is 1. The molecular weight excluding hydrogens is 288 g/mol. The minimum atomic E-state index is -0.427. The molecule has 0 saturated heterocycles. The maximum Gasteiger partial charge on any atom is 0.263 e. The van der Waals surface area contributed by atoms with Crippen molar-refractivity contribution in [3.05, 3.63) is 71.6 Å². The van der Waals surface area contributed by atoms with Crippen LogP contribution in [0.25, 0.3) is 0 Å². The maximum atomic E-state index is 12.2. The third-order valence-corrected chi connectivity index (χ3v) is 3.29. The predicted octanol–water partition coefficient (Wildman–Crippen LogP) is 3.09. The van der Waals surface area contributed by atoms with Gasteiger partial charge in [0.15, 0.2) is 0 Å². The van der Waals surface area contributed by atoms with E-state index >= 15 is 0 Å². The number of carbonyl (C=O) groups is 1. The third kappa shape index (κ3) is 4.68. The summed E-state index contributed by atoms with van der Waals surface area (Å²) in [6.45, 7) is 3.81. The molecule has 0 aliphatic heterocycles. The van der Waals surface area contributed by atoms with Crippen LogP contribution in [-0.2, 0) is 4.79 Å². The van der Waals surface area contributed by atoms with E-state index in [1.54, 1.807) is 6.20 Å². The number of nitrogens with zero attached hydrogens (tertiary/aromatic N) is 2. The summed E-state index contributed by atoms with van der Waals surface area (Å²) in [5, 5.41) is 14.9. The molecule has 23 heavy (non-hydrogen) atoms. The fraction of sp³-hybridized carbons (Fsp3) is 0.167. The van der Waals surface area contributed by atoms with Crippen LogP contribution < -0.4 is 10.6 Å². The normalized spacial score (nSPS) is 12.1. The van der Waals surface area contributed by atoms with E-state index in [1.807, 2.05) is 62.4 Å². The monoisotopic (exact) mass is 306 g/mol. The lowest BCUT2D eigenvalue weighted by atomic mass is 10.1. The van der Waals surface area contributed by atoms with E-state index in [1.165, 1.54) is 6.20 Å². The van der Waals surface area contributed by atoms with Gasteiger partial charge < -0.3 is 10.6 Å². The lowest BCUT2D eigenvalue weighted by Crippen LogP contribution is -2.28. The van der Waals surface area contributed by atoms with Gasteiger partial charge in [0.2, 0.25) is 0 Å². The summed E-state index contributed by atoms with van der Waals surface area (Å²) in [4.78, 5) is 16.3. The molecular formula is C18H18N4O. The number of aromatic nitrogens is 1. The SMILES string of the molecule is Cc1ccnc(N/C=C(/C#N)C(=O)NC(C)c2ccccc2)c1. The van der Waals surface area contributed by atoms with Crippen LogP contribution in [-0.4, -0.2) is 10.9 Å². The summed E-state index contributed by atoms with van der Waals surface area (Å²) in [6, 6.07) is 15.0. The summed E-state index contributed by atoms with van der Waals surface area (Å²) in [7, 11) is 0. The first-order valence-electron chi connectivity index (χ1n) is 7.25. The Bertz CT molecular complexity index is 747. The smallest absolute Gasteiger partial charge is 0.263 e. The molecule has 2 N–H and O–H groups in total. The number of aryl methyl sites for hydroxylation is 1. The molecule has 1 heterocycles. The van der Waals surface area contributed by atoms with E-state index in [0.29, 0.717) is 5.82 Å². The van der Waals surface area contributed by atoms with Gasteiger partial charge in [-0.1, -0.05) is 30.3 Å². The van der Waals surface area contributed by atoms with Gasteiger partial charge in [0, 0.05) is 12.4 Å². The number of amides is 1. The number of anilines is 1. The molecule has 1 aromatic carbocycles. The van der Waals surface area contributed by atoms with Crippen molar-refractivity contribution in [2.45, 2.75) is 19.9 Å². The quantitative estimate of drug-likeness (QED) is 0.657. The van der Waals surface area contributed by atoms with Gasteiger partial charge in [-0.2, -0.15) is 5.26 Å². The van der Waals surface area contributed by atoms with E-state index < -0.39 is 5.91 Å². The number of hydrogen-bond acceptors (Lipinski definition) is 4. The van der Waals surface area contributed by atoms with Crippen molar-refractivity contribution in [1.29, 1.82) is 5.26 Å². The average molecular weight is 306 g/mol. The standard InChI is InChI=1S/C18H18N4O/c1-13-8-9-20-17(10-13)21-12-16(11-19)18(23)22-14(2)15-6-4-3-5-7-15/h3-10,12,14H,1-2H3,(H,20,21)(H,22,23)/b16-12-. The number of rotatable bonds is 5. The highest BCUT2D eigenvalue weighted by Crippen LogP contribution is 2.12. The Balaban J connectivity index is 2.04. The number of pyridine rings is 1. The maximum absolute atomic E-state index is 12.2. The Hall–Kier alpha value is -3.13. The summed E-state index contributed by atoms with van der Waals surface area (Å²) in [5.41, 5.74) is 2.01. The molecule has 0 bridgehead atoms. The average Bonchev–Trinajstić information content (AvgIpc) is 2.56. The van der Waals surface area contributed by atoms with Crippen LogP contribution in [0.3, 0.4) is 0 Å². The molecule has 116 valence electrons. The Morgan fingerprint density at radius 3 is 2.70 bits per heavy atom. The number of nitriles is 1.